The maximum atomic E-state index is 11.5. The molecule has 15 heavy (non-hydrogen) atoms. The van der Waals surface area contributed by atoms with Crippen molar-refractivity contribution >= 4 is 11.9 Å². The van der Waals surface area contributed by atoms with Gasteiger partial charge in [0.15, 0.2) is 0 Å². The molecular formula is C10H18N2O3. The van der Waals surface area contributed by atoms with Crippen molar-refractivity contribution in [1.82, 2.24) is 5.32 Å². The predicted molar refractivity (Wildman–Crippen MR) is 54.9 cm³/mol. The lowest BCUT2D eigenvalue weighted by atomic mass is 10.1. The second kappa shape index (κ2) is 5.11. The molecule has 2 atom stereocenters. The van der Waals surface area contributed by atoms with Crippen LogP contribution < -0.4 is 11.1 Å². The molecule has 5 heteroatoms. The second-order valence-corrected chi connectivity index (χ2v) is 3.86. The number of nitrogens with two attached hydrogens (primary N) is 1. The molecule has 0 radical (unpaired) electrons. The molecule has 1 saturated carbocycles. The van der Waals surface area contributed by atoms with Gasteiger partial charge >= 0.3 is 5.97 Å². The van der Waals surface area contributed by atoms with Crippen molar-refractivity contribution in [2.24, 2.45) is 11.7 Å². The Hall–Kier alpha value is -1.10. The number of amides is 1. The van der Waals surface area contributed by atoms with Crippen LogP contribution in [0, 0.1) is 5.92 Å². The monoisotopic (exact) mass is 214 g/mol. The van der Waals surface area contributed by atoms with Crippen LogP contribution in [0.1, 0.15) is 26.2 Å². The van der Waals surface area contributed by atoms with Crippen molar-refractivity contribution in [3.8, 4) is 0 Å². The Kier molecular flexibility index (Phi) is 4.08. The number of esters is 1. The summed E-state index contributed by atoms with van der Waals surface area (Å²) in [5.74, 6) is -0.431. The molecule has 0 heterocycles. The van der Waals surface area contributed by atoms with Crippen LogP contribution in [0.4, 0.5) is 0 Å². The van der Waals surface area contributed by atoms with Gasteiger partial charge in [-0.3, -0.25) is 4.79 Å². The van der Waals surface area contributed by atoms with Gasteiger partial charge in [0.05, 0.1) is 13.2 Å². The third kappa shape index (κ3) is 3.20. The van der Waals surface area contributed by atoms with Crippen LogP contribution in [0.2, 0.25) is 0 Å². The summed E-state index contributed by atoms with van der Waals surface area (Å²) in [5, 5.41) is 2.64. The Balaban J connectivity index is 2.51. The molecule has 3 N–H and O–H groups in total. The minimum absolute atomic E-state index is 0.227. The van der Waals surface area contributed by atoms with E-state index in [2.05, 4.69) is 10.1 Å². The van der Waals surface area contributed by atoms with Gasteiger partial charge in [0.2, 0.25) is 5.91 Å². The summed E-state index contributed by atoms with van der Waals surface area (Å²) in [5.41, 5.74) is 5.56. The largest absolute Gasteiger partial charge is 0.467 e. The fourth-order valence-corrected chi connectivity index (χ4v) is 1.37. The lowest BCUT2D eigenvalue weighted by molar-refractivity contribution is -0.145. The van der Waals surface area contributed by atoms with Crippen molar-refractivity contribution in [2.45, 2.75) is 38.3 Å². The zero-order valence-corrected chi connectivity index (χ0v) is 9.16. The Labute approximate surface area is 89.3 Å². The molecule has 0 spiro atoms. The minimum Gasteiger partial charge on any atom is -0.467 e. The molecule has 0 aromatic rings. The van der Waals surface area contributed by atoms with E-state index in [0.717, 1.165) is 12.8 Å². The number of nitrogens with one attached hydrogen (secondary N) is 1. The highest BCUT2D eigenvalue weighted by molar-refractivity contribution is 5.87. The highest BCUT2D eigenvalue weighted by Crippen LogP contribution is 2.33. The summed E-state index contributed by atoms with van der Waals surface area (Å²) in [7, 11) is 1.32. The lowest BCUT2D eigenvalue weighted by Gasteiger charge is -2.17. The van der Waals surface area contributed by atoms with E-state index in [0.29, 0.717) is 6.42 Å². The summed E-state index contributed by atoms with van der Waals surface area (Å²) in [6.07, 6.45) is 2.48. The topological polar surface area (TPSA) is 81.4 Å². The molecule has 0 saturated heterocycles. The highest BCUT2D eigenvalue weighted by atomic mass is 16.5. The highest BCUT2D eigenvalue weighted by Gasteiger charge is 2.38. The van der Waals surface area contributed by atoms with Gasteiger partial charge in [0.25, 0.3) is 0 Å². The molecule has 1 amide bonds. The van der Waals surface area contributed by atoms with Crippen LogP contribution >= 0.6 is 0 Å². The van der Waals surface area contributed by atoms with Gasteiger partial charge in [-0.1, -0.05) is 6.92 Å². The third-order valence-electron chi connectivity index (χ3n) is 2.62. The number of ether oxygens (including phenoxy) is 1. The number of methoxy groups -OCH3 is 1. The van der Waals surface area contributed by atoms with E-state index in [1.807, 2.05) is 6.92 Å². The number of hydrogen-bond acceptors (Lipinski definition) is 4. The predicted octanol–water partition coefficient (Wildman–Crippen LogP) is -0.208. The first-order valence-electron chi connectivity index (χ1n) is 5.24. The number of carbonyl (C=O) groups is 2. The Morgan fingerprint density at radius 2 is 2.13 bits per heavy atom. The fourth-order valence-electron chi connectivity index (χ4n) is 1.37. The van der Waals surface area contributed by atoms with E-state index < -0.39 is 12.1 Å². The number of hydrogen-bond donors (Lipinski definition) is 2. The third-order valence-corrected chi connectivity index (χ3v) is 2.62. The van der Waals surface area contributed by atoms with Crippen molar-refractivity contribution in [3.63, 3.8) is 0 Å². The normalized spacial score (nSPS) is 19.1. The van der Waals surface area contributed by atoms with Crippen molar-refractivity contribution in [1.29, 1.82) is 0 Å². The Morgan fingerprint density at radius 1 is 1.53 bits per heavy atom. The van der Waals surface area contributed by atoms with E-state index in [1.54, 1.807) is 0 Å². The molecule has 1 aliphatic rings. The summed E-state index contributed by atoms with van der Waals surface area (Å²) >= 11 is 0. The standard InChI is InChI=1S/C10H18N2O3/c1-3-7(11)9(13)12-8(6-4-5-6)10(14)15-2/h6-8H,3-5,11H2,1-2H3,(H,12,13). The van der Waals surface area contributed by atoms with Crippen molar-refractivity contribution in [3.05, 3.63) is 0 Å². The van der Waals surface area contributed by atoms with Gasteiger partial charge in [-0.05, 0) is 25.2 Å². The first-order valence-corrected chi connectivity index (χ1v) is 5.24. The molecule has 5 nitrogen and oxygen atoms in total. The summed E-state index contributed by atoms with van der Waals surface area (Å²) in [6.45, 7) is 1.83. The van der Waals surface area contributed by atoms with Crippen LogP contribution in [0.15, 0.2) is 0 Å². The van der Waals surface area contributed by atoms with Crippen LogP contribution in [0.5, 0.6) is 0 Å². The van der Waals surface area contributed by atoms with Crippen LogP contribution in [-0.2, 0) is 14.3 Å². The molecule has 0 aliphatic heterocycles. The first kappa shape index (κ1) is 12.0. The zero-order chi connectivity index (χ0) is 11.4. The van der Waals surface area contributed by atoms with Crippen LogP contribution in [0.25, 0.3) is 0 Å². The van der Waals surface area contributed by atoms with Crippen molar-refractivity contribution in [2.75, 3.05) is 7.11 Å². The van der Waals surface area contributed by atoms with Crippen LogP contribution in [0.3, 0.4) is 0 Å². The fraction of sp³-hybridized carbons (Fsp3) is 0.800. The molecule has 1 rings (SSSR count). The van der Waals surface area contributed by atoms with Crippen molar-refractivity contribution < 1.29 is 14.3 Å². The lowest BCUT2D eigenvalue weighted by Crippen LogP contribution is -2.49. The quantitative estimate of drug-likeness (QED) is 0.620. The van der Waals surface area contributed by atoms with Gasteiger partial charge in [-0.15, -0.1) is 0 Å². The van der Waals surface area contributed by atoms with E-state index in [-0.39, 0.29) is 17.8 Å². The van der Waals surface area contributed by atoms with Gasteiger partial charge in [-0.25, -0.2) is 4.79 Å². The molecule has 1 aliphatic carbocycles. The van der Waals surface area contributed by atoms with E-state index in [4.69, 9.17) is 5.73 Å². The average molecular weight is 214 g/mol. The molecule has 0 bridgehead atoms. The summed E-state index contributed by atoms with van der Waals surface area (Å²) in [6, 6.07) is -1.06. The average Bonchev–Trinajstić information content (AvgIpc) is 3.07. The maximum absolute atomic E-state index is 11.5. The molecule has 0 aromatic carbocycles. The molecule has 0 aromatic heterocycles. The maximum Gasteiger partial charge on any atom is 0.328 e. The Morgan fingerprint density at radius 3 is 2.53 bits per heavy atom. The summed E-state index contributed by atoms with van der Waals surface area (Å²) in [4.78, 5) is 22.9. The zero-order valence-electron chi connectivity index (χ0n) is 9.16. The second-order valence-electron chi connectivity index (χ2n) is 3.86. The molecular weight excluding hydrogens is 196 g/mol. The first-order chi connectivity index (χ1) is 7.10. The van der Waals surface area contributed by atoms with Gasteiger partial charge in [0.1, 0.15) is 6.04 Å². The number of carbonyl (C=O) groups excluding carboxylic acids is 2. The van der Waals surface area contributed by atoms with E-state index >= 15 is 0 Å². The van der Waals surface area contributed by atoms with Gasteiger partial charge in [0, 0.05) is 0 Å². The van der Waals surface area contributed by atoms with Crippen LogP contribution in [-0.4, -0.2) is 31.1 Å². The Bertz CT molecular complexity index is 251. The molecule has 1 fully saturated rings. The number of rotatable bonds is 5. The van der Waals surface area contributed by atoms with E-state index in [1.165, 1.54) is 7.11 Å². The molecule has 86 valence electrons. The van der Waals surface area contributed by atoms with Gasteiger partial charge in [-0.2, -0.15) is 0 Å². The summed E-state index contributed by atoms with van der Waals surface area (Å²) < 4.78 is 4.63. The smallest absolute Gasteiger partial charge is 0.328 e. The van der Waals surface area contributed by atoms with Gasteiger partial charge < -0.3 is 15.8 Å². The minimum atomic E-state index is -0.545. The molecule has 2 unspecified atom stereocenters. The SMILES string of the molecule is CCC(N)C(=O)NC(C(=O)OC)C1CC1. The van der Waals surface area contributed by atoms with E-state index in [9.17, 15) is 9.59 Å².